The molecule has 0 unspecified atom stereocenters. The van der Waals surface area contributed by atoms with Crippen LogP contribution in [0, 0.1) is 6.92 Å². The van der Waals surface area contributed by atoms with Crippen molar-refractivity contribution in [1.29, 1.82) is 0 Å². The lowest BCUT2D eigenvalue weighted by atomic mass is 10.2. The Morgan fingerprint density at radius 1 is 1.03 bits per heavy atom. The summed E-state index contributed by atoms with van der Waals surface area (Å²) in [5, 5.41) is 5.75. The number of rotatable bonds is 8. The van der Waals surface area contributed by atoms with Crippen LogP contribution in [0.3, 0.4) is 0 Å². The molecule has 4 rings (SSSR count). The molecule has 0 saturated carbocycles. The van der Waals surface area contributed by atoms with Crippen molar-refractivity contribution in [2.24, 2.45) is 0 Å². The second-order valence-corrected chi connectivity index (χ2v) is 7.94. The van der Waals surface area contributed by atoms with E-state index in [0.29, 0.717) is 12.2 Å². The minimum absolute atomic E-state index is 0.315. The highest BCUT2D eigenvalue weighted by Crippen LogP contribution is 2.26. The van der Waals surface area contributed by atoms with Crippen molar-refractivity contribution in [1.82, 2.24) is 14.5 Å². The van der Waals surface area contributed by atoms with E-state index in [1.807, 2.05) is 61.5 Å². The third-order valence-corrected chi connectivity index (χ3v) is 5.55. The number of ether oxygens (including phenoxy) is 1. The Balaban J connectivity index is 1.66. The highest BCUT2D eigenvalue weighted by atomic mass is 16.5. The highest BCUT2D eigenvalue weighted by Gasteiger charge is 2.17. The maximum atomic E-state index is 12.5. The zero-order valence-corrected chi connectivity index (χ0v) is 19.3. The van der Waals surface area contributed by atoms with Crippen molar-refractivity contribution < 1.29 is 9.53 Å². The van der Waals surface area contributed by atoms with Crippen LogP contribution in [-0.2, 0) is 13.0 Å². The van der Waals surface area contributed by atoms with Gasteiger partial charge in [-0.05, 0) is 37.6 Å². The number of benzene rings is 2. The van der Waals surface area contributed by atoms with Crippen LogP contribution in [0.25, 0.3) is 11.2 Å². The molecule has 2 N–H and O–H groups in total. The molecule has 2 heterocycles. The van der Waals surface area contributed by atoms with Gasteiger partial charge in [0.1, 0.15) is 17.1 Å². The SMILES string of the molecule is CCCCc1nc2cc(NC(=O)Nc3ccccc3)c(C)nc2n1Cc1ccccc1OC. The van der Waals surface area contributed by atoms with E-state index in [2.05, 4.69) is 28.2 Å². The average molecular weight is 444 g/mol. The Bertz CT molecular complexity index is 1250. The predicted octanol–water partition coefficient (Wildman–Crippen LogP) is 5.78. The fourth-order valence-electron chi connectivity index (χ4n) is 3.81. The maximum Gasteiger partial charge on any atom is 0.323 e. The number of fused-ring (bicyclic) bond motifs is 1. The Labute approximate surface area is 193 Å². The summed E-state index contributed by atoms with van der Waals surface area (Å²) < 4.78 is 7.71. The van der Waals surface area contributed by atoms with Gasteiger partial charge in [0.15, 0.2) is 5.65 Å². The number of methoxy groups -OCH3 is 1. The van der Waals surface area contributed by atoms with E-state index >= 15 is 0 Å². The molecule has 0 aliphatic carbocycles. The van der Waals surface area contributed by atoms with Gasteiger partial charge in [-0.3, -0.25) is 0 Å². The van der Waals surface area contributed by atoms with E-state index in [4.69, 9.17) is 14.7 Å². The summed E-state index contributed by atoms with van der Waals surface area (Å²) >= 11 is 0. The van der Waals surface area contributed by atoms with Gasteiger partial charge < -0.3 is 19.9 Å². The summed E-state index contributed by atoms with van der Waals surface area (Å²) in [6.07, 6.45) is 2.98. The Kier molecular flexibility index (Phi) is 6.88. The van der Waals surface area contributed by atoms with E-state index in [-0.39, 0.29) is 6.03 Å². The van der Waals surface area contributed by atoms with Gasteiger partial charge >= 0.3 is 6.03 Å². The number of imidazole rings is 1. The topological polar surface area (TPSA) is 81.1 Å². The number of carbonyl (C=O) groups excluding carboxylic acids is 1. The smallest absolute Gasteiger partial charge is 0.323 e. The molecule has 2 amide bonds. The number of carbonyl (C=O) groups is 1. The Morgan fingerprint density at radius 3 is 2.55 bits per heavy atom. The van der Waals surface area contributed by atoms with Crippen molar-refractivity contribution in [3.05, 3.63) is 77.7 Å². The normalized spacial score (nSPS) is 10.9. The standard InChI is InChI=1S/C26H29N5O2/c1-4-5-15-24-29-22-16-21(30-26(32)28-20-12-7-6-8-13-20)18(2)27-25(22)31(24)17-19-11-9-10-14-23(19)33-3/h6-14,16H,4-5,15,17H2,1-3H3,(H2,28,30,32). The molecule has 0 aliphatic rings. The number of anilines is 2. The molecular weight excluding hydrogens is 414 g/mol. The molecule has 0 fully saturated rings. The first-order chi connectivity index (χ1) is 16.1. The zero-order valence-electron chi connectivity index (χ0n) is 19.3. The minimum Gasteiger partial charge on any atom is -0.496 e. The van der Waals surface area contributed by atoms with Crippen LogP contribution in [0.15, 0.2) is 60.7 Å². The second kappa shape index (κ2) is 10.2. The van der Waals surface area contributed by atoms with Crippen molar-refractivity contribution in [3.63, 3.8) is 0 Å². The molecule has 0 atom stereocenters. The average Bonchev–Trinajstić information content (AvgIpc) is 3.14. The van der Waals surface area contributed by atoms with Gasteiger partial charge in [0, 0.05) is 17.7 Å². The van der Waals surface area contributed by atoms with E-state index in [1.54, 1.807) is 7.11 Å². The fraction of sp³-hybridized carbons (Fsp3) is 0.269. The van der Waals surface area contributed by atoms with Gasteiger partial charge in [-0.1, -0.05) is 49.7 Å². The molecule has 0 spiro atoms. The predicted molar refractivity (Wildman–Crippen MR) is 132 cm³/mol. The first-order valence-corrected chi connectivity index (χ1v) is 11.2. The lowest BCUT2D eigenvalue weighted by Gasteiger charge is -2.13. The third kappa shape index (κ3) is 5.14. The fourth-order valence-corrected chi connectivity index (χ4v) is 3.81. The van der Waals surface area contributed by atoms with Crippen molar-refractivity contribution in [3.8, 4) is 5.75 Å². The molecule has 0 aliphatic heterocycles. The number of nitrogens with one attached hydrogen (secondary N) is 2. The van der Waals surface area contributed by atoms with Gasteiger partial charge in [-0.25, -0.2) is 14.8 Å². The Morgan fingerprint density at radius 2 is 1.79 bits per heavy atom. The van der Waals surface area contributed by atoms with E-state index in [1.165, 1.54) is 0 Å². The molecule has 4 aromatic rings. The number of hydrogen-bond donors (Lipinski definition) is 2. The van der Waals surface area contributed by atoms with Crippen LogP contribution >= 0.6 is 0 Å². The maximum absolute atomic E-state index is 12.5. The summed E-state index contributed by atoms with van der Waals surface area (Å²) in [7, 11) is 1.68. The molecule has 33 heavy (non-hydrogen) atoms. The number of pyridine rings is 1. The summed E-state index contributed by atoms with van der Waals surface area (Å²) in [6, 6.07) is 18.9. The molecule has 7 heteroatoms. The molecular formula is C26H29N5O2. The van der Waals surface area contributed by atoms with Gasteiger partial charge in [0.2, 0.25) is 0 Å². The van der Waals surface area contributed by atoms with Crippen LogP contribution < -0.4 is 15.4 Å². The lowest BCUT2D eigenvalue weighted by Crippen LogP contribution is -2.20. The summed E-state index contributed by atoms with van der Waals surface area (Å²) in [5.41, 5.74) is 4.73. The number of aryl methyl sites for hydroxylation is 2. The molecule has 0 radical (unpaired) electrons. The van der Waals surface area contributed by atoms with Crippen molar-refractivity contribution >= 4 is 28.6 Å². The van der Waals surface area contributed by atoms with Crippen molar-refractivity contribution in [2.75, 3.05) is 17.7 Å². The zero-order chi connectivity index (χ0) is 23.2. The van der Waals surface area contributed by atoms with Gasteiger partial charge in [-0.15, -0.1) is 0 Å². The quantitative estimate of drug-likeness (QED) is 0.361. The van der Waals surface area contributed by atoms with Gasteiger partial charge in [0.25, 0.3) is 0 Å². The van der Waals surface area contributed by atoms with Crippen LogP contribution in [0.4, 0.5) is 16.2 Å². The number of aromatic nitrogens is 3. The number of urea groups is 1. The highest BCUT2D eigenvalue weighted by molar-refractivity contribution is 6.00. The summed E-state index contributed by atoms with van der Waals surface area (Å²) in [5.74, 6) is 1.82. The van der Waals surface area contributed by atoms with Gasteiger partial charge in [0.05, 0.1) is 25.0 Å². The van der Waals surface area contributed by atoms with Crippen LogP contribution in [0.1, 0.15) is 36.8 Å². The largest absolute Gasteiger partial charge is 0.496 e. The van der Waals surface area contributed by atoms with Gasteiger partial charge in [-0.2, -0.15) is 0 Å². The van der Waals surface area contributed by atoms with E-state index < -0.39 is 0 Å². The first kappa shape index (κ1) is 22.3. The first-order valence-electron chi connectivity index (χ1n) is 11.2. The van der Waals surface area contributed by atoms with E-state index in [9.17, 15) is 4.79 Å². The second-order valence-electron chi connectivity index (χ2n) is 7.94. The Hall–Kier alpha value is -3.87. The molecule has 2 aromatic carbocycles. The molecule has 0 bridgehead atoms. The summed E-state index contributed by atoms with van der Waals surface area (Å²) in [4.78, 5) is 22.2. The van der Waals surface area contributed by atoms with Crippen LogP contribution in [0.5, 0.6) is 5.75 Å². The van der Waals surface area contributed by atoms with Crippen LogP contribution in [-0.4, -0.2) is 27.7 Å². The molecule has 0 saturated heterocycles. The molecule has 2 aromatic heterocycles. The monoisotopic (exact) mass is 443 g/mol. The summed E-state index contributed by atoms with van der Waals surface area (Å²) in [6.45, 7) is 4.68. The molecule has 170 valence electrons. The third-order valence-electron chi connectivity index (χ3n) is 5.55. The number of amides is 2. The number of para-hydroxylation sites is 2. The number of hydrogen-bond acceptors (Lipinski definition) is 4. The number of unbranched alkanes of at least 4 members (excludes halogenated alkanes) is 1. The van der Waals surface area contributed by atoms with Crippen molar-refractivity contribution in [2.45, 2.75) is 39.7 Å². The minimum atomic E-state index is -0.315. The lowest BCUT2D eigenvalue weighted by molar-refractivity contribution is 0.262. The number of nitrogens with zero attached hydrogens (tertiary/aromatic N) is 3. The van der Waals surface area contributed by atoms with E-state index in [0.717, 1.165) is 58.9 Å². The van der Waals surface area contributed by atoms with Crippen LogP contribution in [0.2, 0.25) is 0 Å². The molecule has 7 nitrogen and oxygen atoms in total.